The molecule has 0 aliphatic carbocycles. The third-order valence-corrected chi connectivity index (χ3v) is 2.88. The summed E-state index contributed by atoms with van der Waals surface area (Å²) in [6, 6.07) is 9.28. The number of hydrogen-bond donors (Lipinski definition) is 2. The second kappa shape index (κ2) is 5.61. The second-order valence-corrected chi connectivity index (χ2v) is 4.69. The minimum Gasteiger partial charge on any atom is -0.439 e. The highest BCUT2D eigenvalue weighted by Gasteiger charge is 2.07. The Morgan fingerprint density at radius 2 is 1.95 bits per heavy atom. The largest absolute Gasteiger partial charge is 0.439 e. The summed E-state index contributed by atoms with van der Waals surface area (Å²) in [5.74, 6) is 1.18. The molecule has 5 heteroatoms. The zero-order chi connectivity index (χ0) is 14.7. The molecule has 0 atom stereocenters. The van der Waals surface area contributed by atoms with E-state index in [0.29, 0.717) is 11.4 Å². The van der Waals surface area contributed by atoms with Crippen molar-refractivity contribution in [1.29, 1.82) is 0 Å². The molecule has 0 spiro atoms. The van der Waals surface area contributed by atoms with Crippen molar-refractivity contribution in [1.82, 2.24) is 4.98 Å². The monoisotopic (exact) mass is 271 g/mol. The third-order valence-electron chi connectivity index (χ3n) is 2.88. The molecule has 1 aromatic carbocycles. The molecule has 5 nitrogen and oxygen atoms in total. The minimum atomic E-state index is 0.0287. The minimum absolute atomic E-state index is 0.0287. The van der Waals surface area contributed by atoms with Crippen LogP contribution in [-0.2, 0) is 0 Å². The number of nitrogens with zero attached hydrogens (tertiary/aromatic N) is 2. The van der Waals surface area contributed by atoms with Gasteiger partial charge in [0.05, 0.1) is 0 Å². The zero-order valence-electron chi connectivity index (χ0n) is 11.7. The number of ether oxygens (including phenoxy) is 1. The number of hydrogen-bond acceptors (Lipinski definition) is 4. The van der Waals surface area contributed by atoms with E-state index < -0.39 is 0 Å². The first-order valence-electron chi connectivity index (χ1n) is 6.21. The molecule has 0 saturated heterocycles. The maximum atomic E-state index is 8.74. The number of benzene rings is 1. The summed E-state index contributed by atoms with van der Waals surface area (Å²) in [5.41, 5.74) is 9.09. The number of oxime groups is 1. The molecule has 0 unspecified atom stereocenters. The van der Waals surface area contributed by atoms with Crippen LogP contribution in [0.3, 0.4) is 0 Å². The quantitative estimate of drug-likeness (QED) is 0.389. The van der Waals surface area contributed by atoms with Crippen LogP contribution in [0.2, 0.25) is 0 Å². The summed E-state index contributed by atoms with van der Waals surface area (Å²) in [4.78, 5) is 4.29. The molecular formula is C15H17N3O2. The van der Waals surface area contributed by atoms with Gasteiger partial charge in [0.15, 0.2) is 5.84 Å². The van der Waals surface area contributed by atoms with Crippen molar-refractivity contribution < 1.29 is 9.94 Å². The maximum Gasteiger partial charge on any atom is 0.220 e. The molecule has 0 aliphatic heterocycles. The van der Waals surface area contributed by atoms with E-state index in [1.807, 2.05) is 39.0 Å². The van der Waals surface area contributed by atoms with Gasteiger partial charge in [-0.25, -0.2) is 4.98 Å². The average molecular weight is 271 g/mol. The van der Waals surface area contributed by atoms with Crippen LogP contribution in [0, 0.1) is 20.8 Å². The lowest BCUT2D eigenvalue weighted by Gasteiger charge is -2.10. The molecule has 0 radical (unpaired) electrons. The van der Waals surface area contributed by atoms with Gasteiger partial charge in [0, 0.05) is 17.3 Å². The lowest BCUT2D eigenvalue weighted by Crippen LogP contribution is -2.13. The fourth-order valence-corrected chi connectivity index (χ4v) is 1.92. The number of pyridine rings is 1. The van der Waals surface area contributed by atoms with Gasteiger partial charge >= 0.3 is 0 Å². The van der Waals surface area contributed by atoms with Crippen LogP contribution in [0.1, 0.15) is 22.4 Å². The molecule has 1 heterocycles. The van der Waals surface area contributed by atoms with Gasteiger partial charge in [0.1, 0.15) is 5.75 Å². The average Bonchev–Trinajstić information content (AvgIpc) is 2.40. The first kappa shape index (κ1) is 13.9. The highest BCUT2D eigenvalue weighted by atomic mass is 16.5. The summed E-state index contributed by atoms with van der Waals surface area (Å²) < 4.78 is 5.78. The van der Waals surface area contributed by atoms with Crippen LogP contribution in [-0.4, -0.2) is 16.0 Å². The molecule has 0 saturated carbocycles. The molecule has 0 fully saturated rings. The topological polar surface area (TPSA) is 80.7 Å². The van der Waals surface area contributed by atoms with E-state index in [1.54, 1.807) is 12.1 Å². The Labute approximate surface area is 117 Å². The first-order chi connectivity index (χ1) is 9.49. The van der Waals surface area contributed by atoms with Crippen LogP contribution >= 0.6 is 0 Å². The summed E-state index contributed by atoms with van der Waals surface area (Å²) in [5, 5.41) is 11.7. The van der Waals surface area contributed by atoms with Crippen molar-refractivity contribution in [2.24, 2.45) is 10.9 Å². The number of nitrogens with two attached hydrogens (primary N) is 1. The van der Waals surface area contributed by atoms with Crippen LogP contribution in [0.25, 0.3) is 0 Å². The normalized spacial score (nSPS) is 11.4. The van der Waals surface area contributed by atoms with Crippen molar-refractivity contribution in [3.63, 3.8) is 0 Å². The highest BCUT2D eigenvalue weighted by molar-refractivity contribution is 5.97. The van der Waals surface area contributed by atoms with Crippen LogP contribution < -0.4 is 10.5 Å². The summed E-state index contributed by atoms with van der Waals surface area (Å²) >= 11 is 0. The molecule has 20 heavy (non-hydrogen) atoms. The smallest absolute Gasteiger partial charge is 0.220 e. The third kappa shape index (κ3) is 3.06. The molecule has 2 aromatic rings. The fourth-order valence-electron chi connectivity index (χ4n) is 1.92. The molecule has 0 amide bonds. The summed E-state index contributed by atoms with van der Waals surface area (Å²) in [6.07, 6.45) is 0. The van der Waals surface area contributed by atoms with Gasteiger partial charge in [0.2, 0.25) is 5.88 Å². The van der Waals surface area contributed by atoms with Crippen LogP contribution in [0.5, 0.6) is 11.6 Å². The molecule has 0 aliphatic rings. The van der Waals surface area contributed by atoms with Gasteiger partial charge < -0.3 is 15.7 Å². The van der Waals surface area contributed by atoms with Crippen molar-refractivity contribution >= 4 is 5.84 Å². The lowest BCUT2D eigenvalue weighted by molar-refractivity contribution is 0.318. The van der Waals surface area contributed by atoms with Crippen molar-refractivity contribution in [2.45, 2.75) is 20.8 Å². The lowest BCUT2D eigenvalue weighted by atomic mass is 10.1. The predicted molar refractivity (Wildman–Crippen MR) is 77.5 cm³/mol. The van der Waals surface area contributed by atoms with Crippen molar-refractivity contribution in [3.05, 3.63) is 52.7 Å². The highest BCUT2D eigenvalue weighted by Crippen LogP contribution is 2.25. The van der Waals surface area contributed by atoms with E-state index >= 15 is 0 Å². The van der Waals surface area contributed by atoms with E-state index in [-0.39, 0.29) is 5.84 Å². The Morgan fingerprint density at radius 1 is 1.20 bits per heavy atom. The zero-order valence-corrected chi connectivity index (χ0v) is 11.7. The van der Waals surface area contributed by atoms with E-state index in [0.717, 1.165) is 17.0 Å². The SMILES string of the molecule is Cc1ccc(Oc2cc(/C(N)=N/O)cc(C)n2)c(C)c1. The number of rotatable bonds is 3. The summed E-state index contributed by atoms with van der Waals surface area (Å²) in [6.45, 7) is 5.82. The van der Waals surface area contributed by atoms with Crippen LogP contribution in [0.4, 0.5) is 0 Å². The van der Waals surface area contributed by atoms with E-state index in [9.17, 15) is 0 Å². The standard InChI is InChI=1S/C15H17N3O2/c1-9-4-5-13(10(2)6-9)20-14-8-12(15(16)18-19)7-11(3)17-14/h4-8,19H,1-3H3,(H2,16,18). The van der Waals surface area contributed by atoms with E-state index in [2.05, 4.69) is 10.1 Å². The summed E-state index contributed by atoms with van der Waals surface area (Å²) in [7, 11) is 0. The Bertz CT molecular complexity index is 666. The van der Waals surface area contributed by atoms with Gasteiger partial charge in [-0.15, -0.1) is 0 Å². The molecule has 1 aromatic heterocycles. The Balaban J connectivity index is 2.36. The van der Waals surface area contributed by atoms with Gasteiger partial charge in [-0.2, -0.15) is 0 Å². The Kier molecular flexibility index (Phi) is 3.89. The molecule has 0 bridgehead atoms. The van der Waals surface area contributed by atoms with E-state index in [4.69, 9.17) is 15.7 Å². The second-order valence-electron chi connectivity index (χ2n) is 4.69. The van der Waals surface area contributed by atoms with Crippen LogP contribution in [0.15, 0.2) is 35.5 Å². The number of aromatic nitrogens is 1. The van der Waals surface area contributed by atoms with Gasteiger partial charge in [-0.1, -0.05) is 22.9 Å². The maximum absolute atomic E-state index is 8.74. The molecule has 2 rings (SSSR count). The molecule has 104 valence electrons. The Hall–Kier alpha value is -2.56. The molecule has 3 N–H and O–H groups in total. The van der Waals surface area contributed by atoms with Gasteiger partial charge in [0.25, 0.3) is 0 Å². The Morgan fingerprint density at radius 3 is 2.60 bits per heavy atom. The van der Waals surface area contributed by atoms with E-state index in [1.165, 1.54) is 5.56 Å². The number of aryl methyl sites for hydroxylation is 3. The van der Waals surface area contributed by atoms with Crippen molar-refractivity contribution in [2.75, 3.05) is 0 Å². The van der Waals surface area contributed by atoms with Gasteiger partial charge in [-0.05, 0) is 38.5 Å². The van der Waals surface area contributed by atoms with Crippen molar-refractivity contribution in [3.8, 4) is 11.6 Å². The predicted octanol–water partition coefficient (Wildman–Crippen LogP) is 2.89. The number of amidine groups is 1. The first-order valence-corrected chi connectivity index (χ1v) is 6.21. The molecular weight excluding hydrogens is 254 g/mol. The van der Waals surface area contributed by atoms with Gasteiger partial charge in [-0.3, -0.25) is 0 Å². The fraction of sp³-hybridized carbons (Fsp3) is 0.200.